The molecule has 10 nitrogen and oxygen atoms in total. The Morgan fingerprint density at radius 2 is 1.35 bits per heavy atom. The number of piperazine rings is 1. The van der Waals surface area contributed by atoms with Crippen LogP contribution in [0.3, 0.4) is 0 Å². The summed E-state index contributed by atoms with van der Waals surface area (Å²) in [5, 5.41) is 8.77. The molecule has 0 saturated carbocycles. The number of hydrogen-bond donors (Lipinski definition) is 0. The highest BCUT2D eigenvalue weighted by Crippen LogP contribution is 2.23. The summed E-state index contributed by atoms with van der Waals surface area (Å²) in [6.45, 7) is 5.91. The van der Waals surface area contributed by atoms with Crippen molar-refractivity contribution < 1.29 is 19.1 Å². The smallest absolute Gasteiger partial charge is 0.261 e. The molecule has 4 heterocycles. The van der Waals surface area contributed by atoms with Gasteiger partial charge >= 0.3 is 0 Å². The number of carbonyl (C=O) groups excluding carboxylic acids is 3. The molecule has 0 unspecified atom stereocenters. The molecule has 0 spiro atoms. The third-order valence-electron chi connectivity index (χ3n) is 6.58. The van der Waals surface area contributed by atoms with Crippen LogP contribution < -0.4 is 9.80 Å². The third kappa shape index (κ3) is 4.45. The van der Waals surface area contributed by atoms with Crippen molar-refractivity contribution in [2.75, 3.05) is 68.8 Å². The number of benzene rings is 1. The first-order chi connectivity index (χ1) is 16.6. The lowest BCUT2D eigenvalue weighted by molar-refractivity contribution is -0.131. The summed E-state index contributed by atoms with van der Waals surface area (Å²) in [5.74, 6) is 1.17. The van der Waals surface area contributed by atoms with Gasteiger partial charge in [0.1, 0.15) is 0 Å². The summed E-state index contributed by atoms with van der Waals surface area (Å²) < 4.78 is 5.38. The predicted molar refractivity (Wildman–Crippen MR) is 125 cm³/mol. The molecule has 0 bridgehead atoms. The van der Waals surface area contributed by atoms with E-state index >= 15 is 0 Å². The average molecular weight is 465 g/mol. The van der Waals surface area contributed by atoms with Gasteiger partial charge in [0.05, 0.1) is 24.3 Å². The van der Waals surface area contributed by atoms with Gasteiger partial charge in [-0.1, -0.05) is 12.1 Å². The van der Waals surface area contributed by atoms with Gasteiger partial charge in [-0.15, -0.1) is 10.2 Å². The molecule has 2 saturated heterocycles. The summed E-state index contributed by atoms with van der Waals surface area (Å²) in [6, 6.07) is 10.8. The number of morpholine rings is 1. The number of fused-ring (bicyclic) bond motifs is 1. The van der Waals surface area contributed by atoms with Crippen LogP contribution in [0.15, 0.2) is 36.4 Å². The van der Waals surface area contributed by atoms with Gasteiger partial charge in [-0.25, -0.2) is 0 Å². The molecule has 1 aromatic heterocycles. The first kappa shape index (κ1) is 22.3. The largest absolute Gasteiger partial charge is 0.378 e. The Hall–Kier alpha value is -3.53. The fourth-order valence-corrected chi connectivity index (χ4v) is 4.62. The van der Waals surface area contributed by atoms with Crippen LogP contribution in [-0.2, 0) is 9.53 Å². The first-order valence-corrected chi connectivity index (χ1v) is 11.8. The lowest BCUT2D eigenvalue weighted by atomic mass is 10.1. The van der Waals surface area contributed by atoms with Gasteiger partial charge in [0.2, 0.25) is 5.91 Å². The van der Waals surface area contributed by atoms with Gasteiger partial charge in [-0.05, 0) is 30.7 Å². The predicted octanol–water partition coefficient (Wildman–Crippen LogP) is 1.04. The van der Waals surface area contributed by atoms with E-state index in [1.807, 2.05) is 17.0 Å². The molecule has 0 atom stereocenters. The molecule has 10 heteroatoms. The van der Waals surface area contributed by atoms with Crippen LogP contribution in [-0.4, -0.2) is 96.7 Å². The molecule has 3 aliphatic heterocycles. The van der Waals surface area contributed by atoms with Gasteiger partial charge in [0, 0.05) is 52.2 Å². The van der Waals surface area contributed by atoms with Crippen LogP contribution >= 0.6 is 0 Å². The number of rotatable bonds is 6. The highest BCUT2D eigenvalue weighted by Gasteiger charge is 2.34. The minimum Gasteiger partial charge on any atom is -0.378 e. The van der Waals surface area contributed by atoms with E-state index < -0.39 is 0 Å². The number of carbonyl (C=O) groups is 3. The Bertz CT molecular complexity index is 1030. The molecule has 0 radical (unpaired) electrons. The maximum Gasteiger partial charge on any atom is 0.261 e. The first-order valence-electron chi connectivity index (χ1n) is 11.8. The zero-order valence-electron chi connectivity index (χ0n) is 19.1. The van der Waals surface area contributed by atoms with E-state index in [0.717, 1.165) is 24.7 Å². The number of aromatic nitrogens is 2. The molecule has 34 heavy (non-hydrogen) atoms. The monoisotopic (exact) mass is 464 g/mol. The molecular formula is C24H28N6O4. The summed E-state index contributed by atoms with van der Waals surface area (Å²) in [4.78, 5) is 45.0. The standard InChI is InChI=1S/C24H28N6O4/c31-22(6-3-9-30-23(32)18-4-1-2-5-19(18)24(30)33)29-12-10-27(11-13-29)20-7-8-21(26-25-20)28-14-16-34-17-15-28/h1-2,4-5,7-8H,3,6,9-17H2. The minimum atomic E-state index is -0.276. The molecule has 2 fully saturated rings. The van der Waals surface area contributed by atoms with E-state index in [0.29, 0.717) is 63.4 Å². The average Bonchev–Trinajstić information content (AvgIpc) is 3.14. The summed E-state index contributed by atoms with van der Waals surface area (Å²) >= 11 is 0. The van der Waals surface area contributed by atoms with Crippen molar-refractivity contribution in [1.29, 1.82) is 0 Å². The molecule has 0 aliphatic carbocycles. The molecule has 2 aromatic rings. The van der Waals surface area contributed by atoms with Crippen molar-refractivity contribution in [1.82, 2.24) is 20.0 Å². The van der Waals surface area contributed by atoms with E-state index in [1.54, 1.807) is 24.3 Å². The number of anilines is 2. The highest BCUT2D eigenvalue weighted by molar-refractivity contribution is 6.21. The second kappa shape index (κ2) is 9.76. The molecule has 1 aromatic carbocycles. The fourth-order valence-electron chi connectivity index (χ4n) is 4.62. The molecule has 3 amide bonds. The fraction of sp³-hybridized carbons (Fsp3) is 0.458. The number of amides is 3. The van der Waals surface area contributed by atoms with Crippen molar-refractivity contribution >= 4 is 29.4 Å². The SMILES string of the molecule is O=C(CCCN1C(=O)c2ccccc2C1=O)N1CCN(c2ccc(N3CCOCC3)nn2)CC1. The van der Waals surface area contributed by atoms with Crippen LogP contribution in [0, 0.1) is 0 Å². The number of imide groups is 1. The van der Waals surface area contributed by atoms with Crippen molar-refractivity contribution in [2.45, 2.75) is 12.8 Å². The van der Waals surface area contributed by atoms with E-state index in [-0.39, 0.29) is 24.3 Å². The van der Waals surface area contributed by atoms with Crippen LogP contribution in [0.25, 0.3) is 0 Å². The Labute approximate surface area is 198 Å². The number of ether oxygens (including phenoxy) is 1. The van der Waals surface area contributed by atoms with Crippen molar-refractivity contribution in [3.8, 4) is 0 Å². The van der Waals surface area contributed by atoms with Gasteiger partial charge < -0.3 is 19.4 Å². The van der Waals surface area contributed by atoms with Crippen LogP contribution in [0.4, 0.5) is 11.6 Å². The number of hydrogen-bond acceptors (Lipinski definition) is 8. The Morgan fingerprint density at radius 1 is 0.794 bits per heavy atom. The Morgan fingerprint density at radius 3 is 1.91 bits per heavy atom. The topological polar surface area (TPSA) is 99.2 Å². The van der Waals surface area contributed by atoms with E-state index in [2.05, 4.69) is 20.0 Å². The van der Waals surface area contributed by atoms with E-state index in [4.69, 9.17) is 4.74 Å². The lowest BCUT2D eigenvalue weighted by Crippen LogP contribution is -2.49. The molecule has 3 aliphatic rings. The molecule has 178 valence electrons. The van der Waals surface area contributed by atoms with Crippen molar-refractivity contribution in [3.63, 3.8) is 0 Å². The number of nitrogens with zero attached hydrogens (tertiary/aromatic N) is 6. The highest BCUT2D eigenvalue weighted by atomic mass is 16.5. The maximum atomic E-state index is 12.7. The lowest BCUT2D eigenvalue weighted by Gasteiger charge is -2.35. The van der Waals surface area contributed by atoms with Gasteiger partial charge in [0.15, 0.2) is 11.6 Å². The third-order valence-corrected chi connectivity index (χ3v) is 6.58. The quantitative estimate of drug-likeness (QED) is 0.585. The molecule has 0 N–H and O–H groups in total. The zero-order valence-corrected chi connectivity index (χ0v) is 19.1. The molecule has 5 rings (SSSR count). The Balaban J connectivity index is 1.07. The summed E-state index contributed by atoms with van der Waals surface area (Å²) in [6.07, 6.45) is 0.764. The second-order valence-electron chi connectivity index (χ2n) is 8.63. The summed E-state index contributed by atoms with van der Waals surface area (Å²) in [5.41, 5.74) is 0.882. The maximum absolute atomic E-state index is 12.7. The normalized spacial score (nSPS) is 18.5. The van der Waals surface area contributed by atoms with Crippen molar-refractivity contribution in [2.24, 2.45) is 0 Å². The molecular weight excluding hydrogens is 436 g/mol. The van der Waals surface area contributed by atoms with Crippen LogP contribution in [0.5, 0.6) is 0 Å². The minimum absolute atomic E-state index is 0.0463. The van der Waals surface area contributed by atoms with Gasteiger partial charge in [0.25, 0.3) is 11.8 Å². The van der Waals surface area contributed by atoms with E-state index in [1.165, 1.54) is 4.90 Å². The second-order valence-corrected chi connectivity index (χ2v) is 8.63. The zero-order chi connectivity index (χ0) is 23.5. The Kier molecular flexibility index (Phi) is 6.39. The van der Waals surface area contributed by atoms with Crippen molar-refractivity contribution in [3.05, 3.63) is 47.5 Å². The van der Waals surface area contributed by atoms with Crippen LogP contribution in [0.1, 0.15) is 33.6 Å². The van der Waals surface area contributed by atoms with E-state index in [9.17, 15) is 14.4 Å². The van der Waals surface area contributed by atoms with Gasteiger partial charge in [-0.3, -0.25) is 19.3 Å². The summed E-state index contributed by atoms with van der Waals surface area (Å²) in [7, 11) is 0. The van der Waals surface area contributed by atoms with Crippen LogP contribution in [0.2, 0.25) is 0 Å². The van der Waals surface area contributed by atoms with Gasteiger partial charge in [-0.2, -0.15) is 0 Å².